The molecule has 1 rings (SSSR count). The van der Waals surface area contributed by atoms with Crippen molar-refractivity contribution in [3.05, 3.63) is 35.7 Å². The molecule has 0 aliphatic carbocycles. The molecule has 0 amide bonds. The van der Waals surface area contributed by atoms with Crippen LogP contribution in [0.2, 0.25) is 0 Å². The Morgan fingerprint density at radius 2 is 2.36 bits per heavy atom. The molecule has 0 aliphatic heterocycles. The minimum atomic E-state index is 0.0597. The van der Waals surface area contributed by atoms with Gasteiger partial charge in [-0.2, -0.15) is 0 Å². The lowest BCUT2D eigenvalue weighted by Crippen LogP contribution is -1.90. The molecule has 0 unspecified atom stereocenters. The van der Waals surface area contributed by atoms with Gasteiger partial charge in [-0.25, -0.2) is 0 Å². The molecule has 2 heteroatoms. The number of aromatic nitrogens is 1. The van der Waals surface area contributed by atoms with Gasteiger partial charge in [0.2, 0.25) is 0 Å². The van der Waals surface area contributed by atoms with Gasteiger partial charge in [-0.3, -0.25) is 4.98 Å². The van der Waals surface area contributed by atoms with Gasteiger partial charge < -0.3 is 5.11 Å². The number of rotatable bonds is 2. The maximum atomic E-state index is 8.82. The van der Waals surface area contributed by atoms with Crippen molar-refractivity contribution in [2.75, 3.05) is 0 Å². The van der Waals surface area contributed by atoms with E-state index in [1.807, 2.05) is 19.1 Å². The second-order valence-corrected chi connectivity index (χ2v) is 2.40. The second-order valence-electron chi connectivity index (χ2n) is 2.40. The van der Waals surface area contributed by atoms with Crippen molar-refractivity contribution in [3.8, 4) is 0 Å². The molecule has 0 aromatic carbocycles. The van der Waals surface area contributed by atoms with Gasteiger partial charge >= 0.3 is 0 Å². The van der Waals surface area contributed by atoms with E-state index in [1.54, 1.807) is 6.08 Å². The average molecular weight is 149 g/mol. The quantitative estimate of drug-likeness (QED) is 0.691. The first-order valence-corrected chi connectivity index (χ1v) is 3.47. The van der Waals surface area contributed by atoms with E-state index < -0.39 is 0 Å². The second kappa shape index (κ2) is 3.30. The lowest BCUT2D eigenvalue weighted by atomic mass is 10.2. The van der Waals surface area contributed by atoms with Gasteiger partial charge in [-0.15, -0.1) is 0 Å². The number of aliphatic hydroxyl groups is 1. The van der Waals surface area contributed by atoms with Crippen LogP contribution in [0.1, 0.15) is 17.0 Å². The first-order valence-electron chi connectivity index (χ1n) is 3.47. The maximum Gasteiger partial charge on any atom is 0.0683 e. The predicted octanol–water partition coefficient (Wildman–Crippen LogP) is 1.53. The van der Waals surface area contributed by atoms with Gasteiger partial charge in [-0.1, -0.05) is 6.58 Å². The number of aliphatic hydroxyl groups excluding tert-OH is 1. The predicted molar refractivity (Wildman–Crippen MR) is 45.0 cm³/mol. The van der Waals surface area contributed by atoms with Crippen LogP contribution in [0.15, 0.2) is 18.7 Å². The summed E-state index contributed by atoms with van der Waals surface area (Å²) in [5, 5.41) is 8.82. The van der Waals surface area contributed by atoms with Gasteiger partial charge in [0.15, 0.2) is 0 Å². The summed E-state index contributed by atoms with van der Waals surface area (Å²) in [6.45, 7) is 5.56. The van der Waals surface area contributed by atoms with Crippen molar-refractivity contribution in [1.29, 1.82) is 0 Å². The Morgan fingerprint density at radius 1 is 1.64 bits per heavy atom. The molecule has 11 heavy (non-hydrogen) atoms. The average Bonchev–Trinajstić information content (AvgIpc) is 2.03. The number of hydrogen-bond acceptors (Lipinski definition) is 2. The summed E-state index contributed by atoms with van der Waals surface area (Å²) < 4.78 is 0. The minimum Gasteiger partial charge on any atom is -0.392 e. The fourth-order valence-electron chi connectivity index (χ4n) is 0.964. The smallest absolute Gasteiger partial charge is 0.0683 e. The normalized spacial score (nSPS) is 9.64. The van der Waals surface area contributed by atoms with Crippen LogP contribution in [-0.2, 0) is 6.61 Å². The molecule has 1 aromatic rings. The molecule has 0 radical (unpaired) electrons. The Balaban J connectivity index is 3.11. The summed E-state index contributed by atoms with van der Waals surface area (Å²) in [7, 11) is 0. The standard InChI is InChI=1S/C9H11NO/c1-3-9-5-8(6-11)4-7(2)10-9/h3-5,11H,1,6H2,2H3. The molecular weight excluding hydrogens is 138 g/mol. The topological polar surface area (TPSA) is 33.1 Å². The molecule has 1 aromatic heterocycles. The Kier molecular flexibility index (Phi) is 2.39. The Hall–Kier alpha value is -1.15. The van der Waals surface area contributed by atoms with Crippen LogP contribution in [0.4, 0.5) is 0 Å². The molecule has 0 spiro atoms. The zero-order valence-corrected chi connectivity index (χ0v) is 6.54. The third-order valence-corrected chi connectivity index (χ3v) is 1.42. The fourth-order valence-corrected chi connectivity index (χ4v) is 0.964. The highest BCUT2D eigenvalue weighted by molar-refractivity contribution is 5.43. The van der Waals surface area contributed by atoms with Crippen molar-refractivity contribution in [2.24, 2.45) is 0 Å². The van der Waals surface area contributed by atoms with E-state index in [0.717, 1.165) is 17.0 Å². The van der Waals surface area contributed by atoms with Crippen LogP contribution < -0.4 is 0 Å². The van der Waals surface area contributed by atoms with Gasteiger partial charge in [0.25, 0.3) is 0 Å². The molecule has 0 bridgehead atoms. The third-order valence-electron chi connectivity index (χ3n) is 1.42. The molecule has 0 aliphatic rings. The molecule has 58 valence electrons. The van der Waals surface area contributed by atoms with Crippen molar-refractivity contribution >= 4 is 6.08 Å². The van der Waals surface area contributed by atoms with Gasteiger partial charge in [-0.05, 0) is 30.7 Å². The molecule has 1 N–H and O–H groups in total. The highest BCUT2D eigenvalue weighted by Crippen LogP contribution is 2.05. The SMILES string of the molecule is C=Cc1cc(CO)cc(C)n1. The number of aryl methyl sites for hydroxylation is 1. The summed E-state index contributed by atoms with van der Waals surface area (Å²) in [5.74, 6) is 0. The van der Waals surface area contributed by atoms with Crippen LogP contribution in [-0.4, -0.2) is 10.1 Å². The van der Waals surface area contributed by atoms with Crippen LogP contribution in [0, 0.1) is 6.92 Å². The first-order chi connectivity index (χ1) is 5.26. The van der Waals surface area contributed by atoms with E-state index in [2.05, 4.69) is 11.6 Å². The summed E-state index contributed by atoms with van der Waals surface area (Å²) in [5.41, 5.74) is 2.60. The highest BCUT2D eigenvalue weighted by atomic mass is 16.3. The highest BCUT2D eigenvalue weighted by Gasteiger charge is 1.94. The minimum absolute atomic E-state index is 0.0597. The van der Waals surface area contributed by atoms with Crippen LogP contribution in [0.5, 0.6) is 0 Å². The molecular formula is C9H11NO. The lowest BCUT2D eigenvalue weighted by Gasteiger charge is -1.99. The summed E-state index contributed by atoms with van der Waals surface area (Å²) in [6, 6.07) is 3.67. The Morgan fingerprint density at radius 3 is 2.91 bits per heavy atom. The van der Waals surface area contributed by atoms with E-state index in [-0.39, 0.29) is 6.61 Å². The fraction of sp³-hybridized carbons (Fsp3) is 0.222. The molecule has 0 atom stereocenters. The van der Waals surface area contributed by atoms with Gasteiger partial charge in [0.05, 0.1) is 12.3 Å². The van der Waals surface area contributed by atoms with Crippen LogP contribution in [0.25, 0.3) is 6.08 Å². The van der Waals surface area contributed by atoms with E-state index in [1.165, 1.54) is 0 Å². The van der Waals surface area contributed by atoms with Crippen molar-refractivity contribution in [2.45, 2.75) is 13.5 Å². The number of hydrogen-bond donors (Lipinski definition) is 1. The van der Waals surface area contributed by atoms with Crippen molar-refractivity contribution in [1.82, 2.24) is 4.98 Å². The largest absolute Gasteiger partial charge is 0.392 e. The van der Waals surface area contributed by atoms with Gasteiger partial charge in [0, 0.05) is 5.69 Å². The number of pyridine rings is 1. The van der Waals surface area contributed by atoms with Gasteiger partial charge in [0.1, 0.15) is 0 Å². The molecule has 0 saturated carbocycles. The zero-order valence-electron chi connectivity index (χ0n) is 6.54. The number of nitrogens with zero attached hydrogens (tertiary/aromatic N) is 1. The maximum absolute atomic E-state index is 8.82. The van der Waals surface area contributed by atoms with Crippen LogP contribution >= 0.6 is 0 Å². The zero-order chi connectivity index (χ0) is 8.27. The monoisotopic (exact) mass is 149 g/mol. The van der Waals surface area contributed by atoms with Crippen LogP contribution in [0.3, 0.4) is 0 Å². The summed E-state index contributed by atoms with van der Waals surface area (Å²) in [4.78, 5) is 4.17. The molecule has 0 saturated heterocycles. The first kappa shape index (κ1) is 7.95. The van der Waals surface area contributed by atoms with Crippen molar-refractivity contribution < 1.29 is 5.11 Å². The Bertz CT molecular complexity index is 268. The van der Waals surface area contributed by atoms with Crippen molar-refractivity contribution in [3.63, 3.8) is 0 Å². The van der Waals surface area contributed by atoms with E-state index in [9.17, 15) is 0 Å². The lowest BCUT2D eigenvalue weighted by molar-refractivity contribution is 0.281. The van der Waals surface area contributed by atoms with E-state index in [4.69, 9.17) is 5.11 Å². The van der Waals surface area contributed by atoms with E-state index >= 15 is 0 Å². The molecule has 1 heterocycles. The third kappa shape index (κ3) is 1.88. The summed E-state index contributed by atoms with van der Waals surface area (Å²) >= 11 is 0. The molecule has 0 fully saturated rings. The molecule has 2 nitrogen and oxygen atoms in total. The Labute approximate surface area is 66.2 Å². The summed E-state index contributed by atoms with van der Waals surface area (Å²) in [6.07, 6.45) is 1.67. The van der Waals surface area contributed by atoms with E-state index in [0.29, 0.717) is 0 Å².